The molecule has 8 nitrogen and oxygen atoms in total. The smallest absolute Gasteiger partial charge is 0.340 e. The molecule has 0 saturated heterocycles. The Bertz CT molecular complexity index is 1630. The minimum Gasteiger partial charge on any atom is -0.491 e. The van der Waals surface area contributed by atoms with Crippen molar-refractivity contribution in [2.45, 2.75) is 45.7 Å². The van der Waals surface area contributed by atoms with Crippen molar-refractivity contribution in [3.63, 3.8) is 0 Å². The molecule has 5 rings (SSSR count). The van der Waals surface area contributed by atoms with Crippen LogP contribution < -0.4 is 10.3 Å². The van der Waals surface area contributed by atoms with Crippen molar-refractivity contribution in [1.82, 2.24) is 19.4 Å². The average molecular weight is 567 g/mol. The molecule has 10 heteroatoms. The molecule has 1 aliphatic carbocycles. The number of nitrogens with zero attached hydrogens (tertiary/aromatic N) is 4. The first kappa shape index (κ1) is 27.3. The van der Waals surface area contributed by atoms with Crippen LogP contribution in [0.1, 0.15) is 39.6 Å². The van der Waals surface area contributed by atoms with E-state index in [9.17, 15) is 9.59 Å². The number of thiophene rings is 1. The fourth-order valence-electron chi connectivity index (χ4n) is 5.19. The van der Waals surface area contributed by atoms with Crippen molar-refractivity contribution in [3.8, 4) is 16.9 Å². The van der Waals surface area contributed by atoms with Crippen LogP contribution in [0, 0.1) is 13.8 Å². The summed E-state index contributed by atoms with van der Waals surface area (Å²) in [5.41, 5.74) is 5.18. The SMILES string of the molecule is COC(=O)c1csc2c(-c3cc(Cl)ccc3OCCn3c(C)nc4c(c3=O)CC(N(C)C)CC4)cc(C)nc12. The maximum Gasteiger partial charge on any atom is 0.340 e. The maximum absolute atomic E-state index is 13.4. The van der Waals surface area contributed by atoms with Gasteiger partial charge in [0, 0.05) is 38.8 Å². The summed E-state index contributed by atoms with van der Waals surface area (Å²) in [5, 5.41) is 2.32. The van der Waals surface area contributed by atoms with Crippen LogP contribution in [0.2, 0.25) is 5.02 Å². The Kier molecular flexibility index (Phi) is 7.75. The van der Waals surface area contributed by atoms with Gasteiger partial charge in [-0.3, -0.25) is 14.3 Å². The van der Waals surface area contributed by atoms with Gasteiger partial charge in [0.25, 0.3) is 5.56 Å². The average Bonchev–Trinajstić information content (AvgIpc) is 3.33. The highest BCUT2D eigenvalue weighted by Gasteiger charge is 2.25. The summed E-state index contributed by atoms with van der Waals surface area (Å²) < 4.78 is 13.8. The molecule has 0 amide bonds. The molecule has 0 bridgehead atoms. The molecule has 0 saturated carbocycles. The number of benzene rings is 1. The normalized spacial score (nSPS) is 15.0. The summed E-state index contributed by atoms with van der Waals surface area (Å²) in [6, 6.07) is 7.76. The highest BCUT2D eigenvalue weighted by Crippen LogP contribution is 2.40. The van der Waals surface area contributed by atoms with Gasteiger partial charge in [-0.1, -0.05) is 11.6 Å². The summed E-state index contributed by atoms with van der Waals surface area (Å²) in [6.07, 6.45) is 2.54. The number of halogens is 1. The first-order valence-electron chi connectivity index (χ1n) is 12.8. The monoisotopic (exact) mass is 566 g/mol. The number of rotatable bonds is 7. The van der Waals surface area contributed by atoms with Gasteiger partial charge < -0.3 is 14.4 Å². The van der Waals surface area contributed by atoms with Crippen LogP contribution in [0.4, 0.5) is 0 Å². The lowest BCUT2D eigenvalue weighted by atomic mass is 9.92. The Balaban J connectivity index is 1.45. The standard InChI is InChI=1S/C29H31ClN4O4S/c1-16-12-21(27-26(31-16)23(15-39-27)29(36)37-5)20-13-18(30)6-9-25(20)38-11-10-34-17(2)32-24-8-7-19(33(3)4)14-22(24)28(34)35/h6,9,12-13,15,19H,7-8,10-11,14H2,1-5H3. The van der Waals surface area contributed by atoms with E-state index in [4.69, 9.17) is 26.1 Å². The Morgan fingerprint density at radius 3 is 2.74 bits per heavy atom. The van der Waals surface area contributed by atoms with Crippen LogP contribution in [0.3, 0.4) is 0 Å². The third-order valence-electron chi connectivity index (χ3n) is 7.28. The van der Waals surface area contributed by atoms with Crippen molar-refractivity contribution in [3.05, 3.63) is 73.4 Å². The Morgan fingerprint density at radius 1 is 1.21 bits per heavy atom. The predicted molar refractivity (Wildman–Crippen MR) is 154 cm³/mol. The number of methoxy groups -OCH3 is 1. The summed E-state index contributed by atoms with van der Waals surface area (Å²) >= 11 is 7.83. The molecule has 3 heterocycles. The number of hydrogen-bond acceptors (Lipinski definition) is 8. The van der Waals surface area contributed by atoms with Gasteiger partial charge in [-0.2, -0.15) is 0 Å². The van der Waals surface area contributed by atoms with Crippen LogP contribution >= 0.6 is 22.9 Å². The molecule has 1 aliphatic rings. The molecule has 0 aliphatic heterocycles. The minimum atomic E-state index is -0.427. The molecule has 1 aromatic carbocycles. The second-order valence-corrected chi connectivity index (χ2v) is 11.3. The van der Waals surface area contributed by atoms with E-state index < -0.39 is 5.97 Å². The Morgan fingerprint density at radius 2 is 2.00 bits per heavy atom. The number of fused-ring (bicyclic) bond motifs is 2. The fourth-order valence-corrected chi connectivity index (χ4v) is 6.37. The molecule has 0 spiro atoms. The highest BCUT2D eigenvalue weighted by atomic mass is 35.5. The van der Waals surface area contributed by atoms with Crippen molar-refractivity contribution in [2.24, 2.45) is 0 Å². The molecule has 204 valence electrons. The number of ether oxygens (including phenoxy) is 2. The molecule has 0 radical (unpaired) electrons. The van der Waals surface area contributed by atoms with E-state index in [2.05, 4.69) is 24.0 Å². The first-order chi connectivity index (χ1) is 18.7. The zero-order chi connectivity index (χ0) is 27.8. The van der Waals surface area contributed by atoms with Crippen LogP contribution in [0.25, 0.3) is 21.3 Å². The zero-order valence-electron chi connectivity index (χ0n) is 22.7. The summed E-state index contributed by atoms with van der Waals surface area (Å²) in [4.78, 5) is 37.3. The van der Waals surface area contributed by atoms with Crippen LogP contribution in [0.5, 0.6) is 5.75 Å². The highest BCUT2D eigenvalue weighted by molar-refractivity contribution is 7.18. The van der Waals surface area contributed by atoms with Gasteiger partial charge in [0.2, 0.25) is 0 Å². The van der Waals surface area contributed by atoms with Gasteiger partial charge in [0.05, 0.1) is 35.1 Å². The van der Waals surface area contributed by atoms with E-state index in [1.807, 2.05) is 32.0 Å². The lowest BCUT2D eigenvalue weighted by molar-refractivity contribution is 0.0603. The van der Waals surface area contributed by atoms with Crippen molar-refractivity contribution < 1.29 is 14.3 Å². The number of carbonyl (C=O) groups is 1. The van der Waals surface area contributed by atoms with Gasteiger partial charge in [-0.25, -0.2) is 9.78 Å². The first-order valence-corrected chi connectivity index (χ1v) is 14.1. The molecule has 1 unspecified atom stereocenters. The maximum atomic E-state index is 13.4. The minimum absolute atomic E-state index is 0.0179. The lowest BCUT2D eigenvalue weighted by Crippen LogP contribution is -2.39. The molecule has 3 aromatic heterocycles. The topological polar surface area (TPSA) is 86.5 Å². The number of likely N-dealkylation sites (N-methyl/N-ethyl adjacent to an activating group) is 1. The van der Waals surface area contributed by atoms with Crippen molar-refractivity contribution in [1.29, 1.82) is 0 Å². The van der Waals surface area contributed by atoms with Crippen molar-refractivity contribution in [2.75, 3.05) is 27.8 Å². The van der Waals surface area contributed by atoms with E-state index >= 15 is 0 Å². The van der Waals surface area contributed by atoms with E-state index in [0.29, 0.717) is 46.7 Å². The quantitative estimate of drug-likeness (QED) is 0.288. The molecule has 1 atom stereocenters. The van der Waals surface area contributed by atoms with E-state index in [1.54, 1.807) is 16.0 Å². The molecule has 0 fully saturated rings. The van der Waals surface area contributed by atoms with Crippen LogP contribution in [0.15, 0.2) is 34.4 Å². The van der Waals surface area contributed by atoms with Gasteiger partial charge in [-0.15, -0.1) is 11.3 Å². The number of esters is 1. The number of aryl methyl sites for hydroxylation is 3. The van der Waals surface area contributed by atoms with Crippen molar-refractivity contribution >= 4 is 39.1 Å². The van der Waals surface area contributed by atoms with Gasteiger partial charge >= 0.3 is 5.97 Å². The van der Waals surface area contributed by atoms with Gasteiger partial charge in [-0.05, 0) is 71.5 Å². The van der Waals surface area contributed by atoms with Crippen LogP contribution in [-0.2, 0) is 24.1 Å². The van der Waals surface area contributed by atoms with Gasteiger partial charge in [0.15, 0.2) is 0 Å². The largest absolute Gasteiger partial charge is 0.491 e. The lowest BCUT2D eigenvalue weighted by Gasteiger charge is -2.29. The number of pyridine rings is 1. The third kappa shape index (κ3) is 5.31. The fraction of sp³-hybridized carbons (Fsp3) is 0.379. The van der Waals surface area contributed by atoms with E-state index in [0.717, 1.165) is 45.6 Å². The Hall–Kier alpha value is -3.27. The summed E-state index contributed by atoms with van der Waals surface area (Å²) in [5.74, 6) is 0.898. The third-order valence-corrected chi connectivity index (χ3v) is 8.52. The molecule has 4 aromatic rings. The molecular weight excluding hydrogens is 536 g/mol. The summed E-state index contributed by atoms with van der Waals surface area (Å²) in [6.45, 7) is 4.40. The molecular formula is C29H31ClN4O4S. The van der Waals surface area contributed by atoms with E-state index in [-0.39, 0.29) is 12.2 Å². The zero-order valence-corrected chi connectivity index (χ0v) is 24.3. The molecule has 0 N–H and O–H groups in total. The Labute approximate surface area is 236 Å². The number of carbonyl (C=O) groups excluding carboxylic acids is 1. The predicted octanol–water partition coefficient (Wildman–Crippen LogP) is 5.07. The number of hydrogen-bond donors (Lipinski definition) is 0. The van der Waals surface area contributed by atoms with E-state index in [1.165, 1.54) is 18.4 Å². The second kappa shape index (κ2) is 11.1. The van der Waals surface area contributed by atoms with Crippen LogP contribution in [-0.4, -0.2) is 59.3 Å². The van der Waals surface area contributed by atoms with Gasteiger partial charge in [0.1, 0.15) is 18.2 Å². The molecule has 39 heavy (non-hydrogen) atoms. The second-order valence-electron chi connectivity index (χ2n) is 10.0. The number of aromatic nitrogens is 3. The summed E-state index contributed by atoms with van der Waals surface area (Å²) in [7, 11) is 5.47.